The van der Waals surface area contributed by atoms with E-state index in [1.54, 1.807) is 0 Å². The molecule has 6 heteroatoms. The standard InChI is InChI=1S/C15H13F3N2O/c16-15(17,18)13-7-6-11(8-12(13)14(19)20)21-9-10-4-2-1-3-5-10/h1-8H,9H2,(H3,19,20). The van der Waals surface area contributed by atoms with Gasteiger partial charge in [0, 0.05) is 5.56 Å². The molecule has 0 fully saturated rings. The summed E-state index contributed by atoms with van der Waals surface area (Å²) in [6, 6.07) is 12.4. The number of hydrogen-bond donors (Lipinski definition) is 2. The fourth-order valence-electron chi connectivity index (χ4n) is 1.82. The van der Waals surface area contributed by atoms with E-state index in [9.17, 15) is 13.2 Å². The van der Waals surface area contributed by atoms with E-state index in [-0.39, 0.29) is 17.9 Å². The number of halogens is 3. The predicted molar refractivity (Wildman–Crippen MR) is 73.2 cm³/mol. The summed E-state index contributed by atoms with van der Waals surface area (Å²) in [5, 5.41) is 7.27. The minimum absolute atomic E-state index is 0.226. The van der Waals surface area contributed by atoms with Gasteiger partial charge in [-0.1, -0.05) is 30.3 Å². The van der Waals surface area contributed by atoms with Crippen molar-refractivity contribution in [1.29, 1.82) is 5.41 Å². The zero-order valence-corrected chi connectivity index (χ0v) is 10.9. The Labute approximate surface area is 119 Å². The number of amidine groups is 1. The highest BCUT2D eigenvalue weighted by molar-refractivity contribution is 5.97. The van der Waals surface area contributed by atoms with Crippen LogP contribution in [0.2, 0.25) is 0 Å². The molecule has 2 aromatic carbocycles. The van der Waals surface area contributed by atoms with E-state index in [0.717, 1.165) is 17.7 Å². The van der Waals surface area contributed by atoms with Crippen LogP contribution in [0.25, 0.3) is 0 Å². The second-order valence-corrected chi connectivity index (χ2v) is 4.39. The van der Waals surface area contributed by atoms with Crippen molar-refractivity contribution in [2.75, 3.05) is 0 Å². The Morgan fingerprint density at radius 1 is 1.10 bits per heavy atom. The summed E-state index contributed by atoms with van der Waals surface area (Å²) in [7, 11) is 0. The highest BCUT2D eigenvalue weighted by Crippen LogP contribution is 2.33. The Morgan fingerprint density at radius 2 is 1.76 bits per heavy atom. The van der Waals surface area contributed by atoms with Crippen LogP contribution in [-0.4, -0.2) is 5.84 Å². The first-order valence-electron chi connectivity index (χ1n) is 6.10. The summed E-state index contributed by atoms with van der Waals surface area (Å²) in [6.07, 6.45) is -4.56. The molecule has 0 bridgehead atoms. The van der Waals surface area contributed by atoms with Gasteiger partial charge in [0.1, 0.15) is 18.2 Å². The summed E-state index contributed by atoms with van der Waals surface area (Å²) in [5.74, 6) is -0.412. The van der Waals surface area contributed by atoms with Crippen molar-refractivity contribution in [2.24, 2.45) is 5.73 Å². The molecule has 0 unspecified atom stereocenters. The maximum absolute atomic E-state index is 12.8. The Balaban J connectivity index is 2.22. The molecule has 3 N–H and O–H groups in total. The van der Waals surface area contributed by atoms with Crippen LogP contribution in [0.1, 0.15) is 16.7 Å². The van der Waals surface area contributed by atoms with Crippen LogP contribution in [0.3, 0.4) is 0 Å². The number of alkyl halides is 3. The van der Waals surface area contributed by atoms with Crippen LogP contribution in [0.4, 0.5) is 13.2 Å². The van der Waals surface area contributed by atoms with Gasteiger partial charge in [-0.15, -0.1) is 0 Å². The van der Waals surface area contributed by atoms with Gasteiger partial charge in [0.05, 0.1) is 5.56 Å². The molecule has 0 aromatic heterocycles. The van der Waals surface area contributed by atoms with E-state index in [1.807, 2.05) is 30.3 Å². The molecule has 0 aliphatic heterocycles. The fraction of sp³-hybridized carbons (Fsp3) is 0.133. The van der Waals surface area contributed by atoms with Gasteiger partial charge < -0.3 is 10.5 Å². The molecule has 0 radical (unpaired) electrons. The Bertz CT molecular complexity index is 639. The number of benzene rings is 2. The molecule has 2 aromatic rings. The molecule has 21 heavy (non-hydrogen) atoms. The molecule has 0 atom stereocenters. The quantitative estimate of drug-likeness (QED) is 0.669. The van der Waals surface area contributed by atoms with Gasteiger partial charge in [-0.2, -0.15) is 13.2 Å². The smallest absolute Gasteiger partial charge is 0.417 e. The highest BCUT2D eigenvalue weighted by atomic mass is 19.4. The molecule has 0 aliphatic carbocycles. The topological polar surface area (TPSA) is 59.1 Å². The number of ether oxygens (including phenoxy) is 1. The molecule has 0 saturated carbocycles. The van der Waals surface area contributed by atoms with Crippen molar-refractivity contribution >= 4 is 5.84 Å². The second-order valence-electron chi connectivity index (χ2n) is 4.39. The number of rotatable bonds is 4. The van der Waals surface area contributed by atoms with Crippen molar-refractivity contribution in [3.63, 3.8) is 0 Å². The third kappa shape index (κ3) is 3.75. The molecule has 2 rings (SSSR count). The van der Waals surface area contributed by atoms with E-state index >= 15 is 0 Å². The van der Waals surface area contributed by atoms with E-state index in [2.05, 4.69) is 0 Å². The zero-order valence-electron chi connectivity index (χ0n) is 10.9. The lowest BCUT2D eigenvalue weighted by Crippen LogP contribution is -2.19. The minimum atomic E-state index is -4.56. The Hall–Kier alpha value is -2.50. The van der Waals surface area contributed by atoms with Crippen molar-refractivity contribution in [3.8, 4) is 5.75 Å². The number of nitrogens with two attached hydrogens (primary N) is 1. The van der Waals surface area contributed by atoms with E-state index in [1.165, 1.54) is 6.07 Å². The van der Waals surface area contributed by atoms with Crippen LogP contribution in [0.15, 0.2) is 48.5 Å². The van der Waals surface area contributed by atoms with Gasteiger partial charge in [-0.3, -0.25) is 5.41 Å². The molecule has 0 saturated heterocycles. The third-order valence-electron chi connectivity index (χ3n) is 2.83. The third-order valence-corrected chi connectivity index (χ3v) is 2.83. The molecule has 0 spiro atoms. The second kappa shape index (κ2) is 5.87. The normalized spacial score (nSPS) is 11.2. The summed E-state index contributed by atoms with van der Waals surface area (Å²) in [4.78, 5) is 0. The lowest BCUT2D eigenvalue weighted by molar-refractivity contribution is -0.137. The maximum Gasteiger partial charge on any atom is 0.417 e. The van der Waals surface area contributed by atoms with Gasteiger partial charge in [0.25, 0.3) is 0 Å². The van der Waals surface area contributed by atoms with Crippen molar-refractivity contribution < 1.29 is 17.9 Å². The van der Waals surface area contributed by atoms with Crippen molar-refractivity contribution in [1.82, 2.24) is 0 Å². The minimum Gasteiger partial charge on any atom is -0.489 e. The van der Waals surface area contributed by atoms with Crippen LogP contribution < -0.4 is 10.5 Å². The fourth-order valence-corrected chi connectivity index (χ4v) is 1.82. The van der Waals surface area contributed by atoms with E-state index in [4.69, 9.17) is 15.9 Å². The number of nitrogen functional groups attached to an aromatic ring is 1. The average Bonchev–Trinajstić information content (AvgIpc) is 2.45. The number of hydrogen-bond acceptors (Lipinski definition) is 2. The largest absolute Gasteiger partial charge is 0.489 e. The molecule has 110 valence electrons. The maximum atomic E-state index is 12.8. The van der Waals surface area contributed by atoms with Crippen LogP contribution in [0.5, 0.6) is 5.75 Å². The summed E-state index contributed by atoms with van der Waals surface area (Å²) in [5.41, 5.74) is 4.78. The molecule has 0 heterocycles. The van der Waals surface area contributed by atoms with Crippen LogP contribution in [-0.2, 0) is 12.8 Å². The van der Waals surface area contributed by atoms with Crippen molar-refractivity contribution in [3.05, 3.63) is 65.2 Å². The van der Waals surface area contributed by atoms with Crippen LogP contribution >= 0.6 is 0 Å². The number of nitrogens with one attached hydrogen (secondary N) is 1. The average molecular weight is 294 g/mol. The first-order valence-corrected chi connectivity index (χ1v) is 6.10. The highest BCUT2D eigenvalue weighted by Gasteiger charge is 2.34. The van der Waals surface area contributed by atoms with E-state index in [0.29, 0.717) is 0 Å². The van der Waals surface area contributed by atoms with E-state index < -0.39 is 17.6 Å². The summed E-state index contributed by atoms with van der Waals surface area (Å²) < 4.78 is 43.8. The summed E-state index contributed by atoms with van der Waals surface area (Å²) >= 11 is 0. The lowest BCUT2D eigenvalue weighted by atomic mass is 10.1. The monoisotopic (exact) mass is 294 g/mol. The van der Waals surface area contributed by atoms with Gasteiger partial charge in [0.2, 0.25) is 0 Å². The van der Waals surface area contributed by atoms with Gasteiger partial charge >= 0.3 is 6.18 Å². The predicted octanol–water partition coefficient (Wildman–Crippen LogP) is 3.57. The zero-order chi connectivity index (χ0) is 15.5. The molecule has 0 aliphatic rings. The molecular formula is C15H13F3N2O. The lowest BCUT2D eigenvalue weighted by Gasteiger charge is -2.14. The Morgan fingerprint density at radius 3 is 2.33 bits per heavy atom. The van der Waals surface area contributed by atoms with Gasteiger partial charge in [0.15, 0.2) is 0 Å². The summed E-state index contributed by atoms with van der Waals surface area (Å²) in [6.45, 7) is 0.226. The van der Waals surface area contributed by atoms with Gasteiger partial charge in [-0.25, -0.2) is 0 Å². The molecule has 0 amide bonds. The first-order chi connectivity index (χ1) is 9.88. The molecular weight excluding hydrogens is 281 g/mol. The van der Waals surface area contributed by atoms with Crippen LogP contribution in [0, 0.1) is 5.41 Å². The molecule has 3 nitrogen and oxygen atoms in total. The Kier molecular flexibility index (Phi) is 4.16. The first kappa shape index (κ1) is 14.9. The van der Waals surface area contributed by atoms with Gasteiger partial charge in [-0.05, 0) is 23.8 Å². The van der Waals surface area contributed by atoms with Crippen molar-refractivity contribution in [2.45, 2.75) is 12.8 Å². The SMILES string of the molecule is N=C(N)c1cc(OCc2ccccc2)ccc1C(F)(F)F.